The van der Waals surface area contributed by atoms with Gasteiger partial charge in [0.15, 0.2) is 5.78 Å². The Morgan fingerprint density at radius 2 is 1.57 bits per heavy atom. The third-order valence-corrected chi connectivity index (χ3v) is 5.20. The molecule has 3 amide bonds. The Hall–Kier alpha value is -3.19. The molecule has 0 spiro atoms. The lowest BCUT2D eigenvalue weighted by molar-refractivity contribution is -0.117. The molecule has 1 fully saturated rings. The van der Waals surface area contributed by atoms with Crippen LogP contribution in [0, 0.1) is 0 Å². The normalized spacial score (nSPS) is 15.3. The predicted molar refractivity (Wildman–Crippen MR) is 116 cm³/mol. The number of anilines is 1. The van der Waals surface area contributed by atoms with Gasteiger partial charge in [-0.1, -0.05) is 30.3 Å². The minimum Gasteiger partial charge on any atom is -0.326 e. The average Bonchev–Trinajstić information content (AvgIpc) is 2.75. The van der Waals surface area contributed by atoms with Crippen LogP contribution in [0.5, 0.6) is 0 Å². The van der Waals surface area contributed by atoms with Crippen molar-refractivity contribution in [2.24, 2.45) is 0 Å². The SMILES string of the molecule is CC(=O)c1ccc(NC(=O)[C@H](C)NC(=O)N2CCN(Cc3ccccc3)CC2)cc1. The maximum Gasteiger partial charge on any atom is 0.318 e. The van der Waals surface area contributed by atoms with Crippen LogP contribution in [0.3, 0.4) is 0 Å². The molecular formula is C23H28N4O3. The van der Waals surface area contributed by atoms with Gasteiger partial charge in [0.2, 0.25) is 5.91 Å². The molecule has 0 bridgehead atoms. The quantitative estimate of drug-likeness (QED) is 0.720. The number of hydrogen-bond acceptors (Lipinski definition) is 4. The number of Topliss-reactive ketones (excluding diaryl/α,β-unsaturated/α-hetero) is 1. The molecule has 1 heterocycles. The van der Waals surface area contributed by atoms with Crippen molar-refractivity contribution in [3.05, 3.63) is 65.7 Å². The standard InChI is InChI=1S/C23H28N4O3/c1-17(22(29)25-21-10-8-20(9-11-21)18(2)28)24-23(30)27-14-12-26(13-15-27)16-19-6-4-3-5-7-19/h3-11,17H,12-16H2,1-2H3,(H,24,30)(H,25,29)/t17-/m0/s1. The van der Waals surface area contributed by atoms with E-state index in [4.69, 9.17) is 0 Å². The predicted octanol–water partition coefficient (Wildman–Crippen LogP) is 2.74. The van der Waals surface area contributed by atoms with E-state index in [1.807, 2.05) is 18.2 Å². The highest BCUT2D eigenvalue weighted by Crippen LogP contribution is 2.11. The molecule has 0 aliphatic carbocycles. The van der Waals surface area contributed by atoms with Gasteiger partial charge in [0.25, 0.3) is 0 Å². The van der Waals surface area contributed by atoms with Gasteiger partial charge < -0.3 is 15.5 Å². The first-order chi connectivity index (χ1) is 14.4. The molecule has 2 aromatic rings. The fourth-order valence-electron chi connectivity index (χ4n) is 3.33. The topological polar surface area (TPSA) is 81.8 Å². The number of rotatable bonds is 6. The number of urea groups is 1. The second kappa shape index (κ2) is 10.0. The summed E-state index contributed by atoms with van der Waals surface area (Å²) in [7, 11) is 0. The molecule has 7 heteroatoms. The number of piperazine rings is 1. The van der Waals surface area contributed by atoms with E-state index in [2.05, 4.69) is 27.7 Å². The zero-order valence-corrected chi connectivity index (χ0v) is 17.4. The molecule has 2 N–H and O–H groups in total. The van der Waals surface area contributed by atoms with Crippen molar-refractivity contribution >= 4 is 23.4 Å². The molecule has 1 aliphatic heterocycles. The number of carbonyl (C=O) groups is 3. The second-order valence-corrected chi connectivity index (χ2v) is 7.54. The van der Waals surface area contributed by atoms with Crippen molar-refractivity contribution in [1.82, 2.24) is 15.1 Å². The average molecular weight is 409 g/mol. The van der Waals surface area contributed by atoms with E-state index in [9.17, 15) is 14.4 Å². The van der Waals surface area contributed by atoms with E-state index >= 15 is 0 Å². The van der Waals surface area contributed by atoms with E-state index < -0.39 is 6.04 Å². The largest absolute Gasteiger partial charge is 0.326 e. The van der Waals surface area contributed by atoms with Gasteiger partial charge in [0.1, 0.15) is 6.04 Å². The van der Waals surface area contributed by atoms with Gasteiger partial charge in [0, 0.05) is 44.0 Å². The van der Waals surface area contributed by atoms with Crippen LogP contribution in [0.1, 0.15) is 29.8 Å². The minimum atomic E-state index is -0.674. The van der Waals surface area contributed by atoms with Crippen LogP contribution in [0.4, 0.5) is 10.5 Å². The van der Waals surface area contributed by atoms with Crippen molar-refractivity contribution in [3.8, 4) is 0 Å². The maximum atomic E-state index is 12.5. The molecule has 2 aromatic carbocycles. The zero-order valence-electron chi connectivity index (χ0n) is 17.4. The van der Waals surface area contributed by atoms with Crippen LogP contribution in [0.2, 0.25) is 0 Å². The third-order valence-electron chi connectivity index (χ3n) is 5.20. The van der Waals surface area contributed by atoms with E-state index in [1.165, 1.54) is 12.5 Å². The van der Waals surface area contributed by atoms with Gasteiger partial charge in [-0.3, -0.25) is 14.5 Å². The monoisotopic (exact) mass is 408 g/mol. The van der Waals surface area contributed by atoms with Gasteiger partial charge in [0.05, 0.1) is 0 Å². The van der Waals surface area contributed by atoms with Crippen molar-refractivity contribution in [3.63, 3.8) is 0 Å². The molecular weight excluding hydrogens is 380 g/mol. The van der Waals surface area contributed by atoms with Gasteiger partial charge in [-0.2, -0.15) is 0 Å². The van der Waals surface area contributed by atoms with E-state index in [0.717, 1.165) is 19.6 Å². The van der Waals surface area contributed by atoms with Crippen molar-refractivity contribution in [2.45, 2.75) is 26.4 Å². The number of benzene rings is 2. The summed E-state index contributed by atoms with van der Waals surface area (Å²) < 4.78 is 0. The fourth-order valence-corrected chi connectivity index (χ4v) is 3.33. The lowest BCUT2D eigenvalue weighted by Gasteiger charge is -2.35. The number of hydrogen-bond donors (Lipinski definition) is 2. The molecule has 0 aromatic heterocycles. The lowest BCUT2D eigenvalue weighted by atomic mass is 10.1. The molecule has 158 valence electrons. The molecule has 0 radical (unpaired) electrons. The number of carbonyl (C=O) groups excluding carboxylic acids is 3. The number of ketones is 1. The van der Waals surface area contributed by atoms with Gasteiger partial charge in [-0.25, -0.2) is 4.79 Å². The highest BCUT2D eigenvalue weighted by molar-refractivity contribution is 5.98. The number of nitrogens with one attached hydrogen (secondary N) is 2. The Morgan fingerprint density at radius 1 is 0.933 bits per heavy atom. The summed E-state index contributed by atoms with van der Waals surface area (Å²) in [5.41, 5.74) is 2.43. The van der Waals surface area contributed by atoms with E-state index in [1.54, 1.807) is 36.1 Å². The fraction of sp³-hybridized carbons (Fsp3) is 0.348. The summed E-state index contributed by atoms with van der Waals surface area (Å²) in [4.78, 5) is 40.3. The highest BCUT2D eigenvalue weighted by Gasteiger charge is 2.24. The van der Waals surface area contributed by atoms with Crippen molar-refractivity contribution in [1.29, 1.82) is 0 Å². The Labute approximate surface area is 177 Å². The Morgan fingerprint density at radius 3 is 2.17 bits per heavy atom. The molecule has 1 aliphatic rings. The van der Waals surface area contributed by atoms with Crippen LogP contribution in [-0.2, 0) is 11.3 Å². The third kappa shape index (κ3) is 5.90. The lowest BCUT2D eigenvalue weighted by Crippen LogP contribution is -2.54. The molecule has 0 unspecified atom stereocenters. The minimum absolute atomic E-state index is 0.0302. The van der Waals surface area contributed by atoms with E-state index in [0.29, 0.717) is 24.3 Å². The molecule has 0 saturated carbocycles. The zero-order chi connectivity index (χ0) is 21.5. The molecule has 7 nitrogen and oxygen atoms in total. The van der Waals surface area contributed by atoms with E-state index in [-0.39, 0.29) is 17.7 Å². The first-order valence-electron chi connectivity index (χ1n) is 10.2. The Balaban J connectivity index is 1.43. The summed E-state index contributed by atoms with van der Waals surface area (Å²) in [6.07, 6.45) is 0. The smallest absolute Gasteiger partial charge is 0.318 e. The van der Waals surface area contributed by atoms with Crippen molar-refractivity contribution in [2.75, 3.05) is 31.5 Å². The summed E-state index contributed by atoms with van der Waals surface area (Å²) in [6.45, 7) is 6.86. The van der Waals surface area contributed by atoms with Crippen LogP contribution in [0.15, 0.2) is 54.6 Å². The van der Waals surface area contributed by atoms with Gasteiger partial charge in [-0.05, 0) is 43.7 Å². The van der Waals surface area contributed by atoms with Gasteiger partial charge >= 0.3 is 6.03 Å². The highest BCUT2D eigenvalue weighted by atomic mass is 16.2. The maximum absolute atomic E-state index is 12.5. The summed E-state index contributed by atoms with van der Waals surface area (Å²) in [5.74, 6) is -0.334. The van der Waals surface area contributed by atoms with Crippen LogP contribution >= 0.6 is 0 Å². The molecule has 30 heavy (non-hydrogen) atoms. The Bertz CT molecular complexity index is 875. The van der Waals surface area contributed by atoms with Crippen molar-refractivity contribution < 1.29 is 14.4 Å². The van der Waals surface area contributed by atoms with Crippen LogP contribution < -0.4 is 10.6 Å². The molecule has 3 rings (SSSR count). The summed E-state index contributed by atoms with van der Waals surface area (Å²) in [5, 5.41) is 5.52. The first kappa shape index (κ1) is 21.5. The number of nitrogens with zero attached hydrogens (tertiary/aromatic N) is 2. The first-order valence-corrected chi connectivity index (χ1v) is 10.2. The summed E-state index contributed by atoms with van der Waals surface area (Å²) in [6, 6.07) is 16.0. The molecule has 1 atom stereocenters. The molecule has 1 saturated heterocycles. The Kier molecular flexibility index (Phi) is 7.19. The van der Waals surface area contributed by atoms with Crippen LogP contribution in [0.25, 0.3) is 0 Å². The van der Waals surface area contributed by atoms with Crippen LogP contribution in [-0.4, -0.2) is 59.7 Å². The van der Waals surface area contributed by atoms with Gasteiger partial charge in [-0.15, -0.1) is 0 Å². The number of amides is 3. The second-order valence-electron chi connectivity index (χ2n) is 7.54. The summed E-state index contributed by atoms with van der Waals surface area (Å²) >= 11 is 0.